The molecule has 86 valence electrons. The van der Waals surface area contributed by atoms with Crippen molar-refractivity contribution in [3.05, 3.63) is 37.0 Å². The normalized spacial score (nSPS) is 11.5. The van der Waals surface area contributed by atoms with Crippen LogP contribution in [0, 0.1) is 0 Å². The Balaban J connectivity index is 3.09. The Labute approximate surface area is 95.8 Å². The van der Waals surface area contributed by atoms with Crippen LogP contribution in [0.1, 0.15) is 58.3 Å². The predicted octanol–water partition coefficient (Wildman–Crippen LogP) is 5.43. The van der Waals surface area contributed by atoms with Crippen molar-refractivity contribution < 1.29 is 0 Å². The van der Waals surface area contributed by atoms with Crippen LogP contribution >= 0.6 is 0 Å². The van der Waals surface area contributed by atoms with Gasteiger partial charge in [-0.05, 0) is 38.5 Å². The maximum Gasteiger partial charge on any atom is -0.0348 e. The molecule has 0 bridgehead atoms. The van der Waals surface area contributed by atoms with Gasteiger partial charge in [-0.15, -0.1) is 0 Å². The standard InChI is InChI=1S/C15H26/c1-3-5-7-9-11-13-15-14-12-10-8-6-4-2/h3,5,7,12,14H,1,4,6,8-11,13,15H2,2H3. The number of hydrogen-bond donors (Lipinski definition) is 0. The molecule has 0 aromatic heterocycles. The van der Waals surface area contributed by atoms with Gasteiger partial charge in [-0.2, -0.15) is 0 Å². The summed E-state index contributed by atoms with van der Waals surface area (Å²) < 4.78 is 0. The van der Waals surface area contributed by atoms with Crippen molar-refractivity contribution in [1.82, 2.24) is 0 Å². The second-order valence-electron chi connectivity index (χ2n) is 3.92. The zero-order valence-electron chi connectivity index (χ0n) is 10.3. The molecule has 0 nitrogen and oxygen atoms in total. The van der Waals surface area contributed by atoms with E-state index in [1.54, 1.807) is 0 Å². The Morgan fingerprint density at radius 3 is 1.87 bits per heavy atom. The summed E-state index contributed by atoms with van der Waals surface area (Å²) in [7, 11) is 0. The van der Waals surface area contributed by atoms with Crippen LogP contribution in [0.4, 0.5) is 0 Å². The molecule has 0 unspecified atom stereocenters. The van der Waals surface area contributed by atoms with E-state index in [1.165, 1.54) is 51.4 Å². The third kappa shape index (κ3) is 13.2. The van der Waals surface area contributed by atoms with Gasteiger partial charge in [0.2, 0.25) is 0 Å². The molecule has 0 rings (SSSR count). The molecule has 0 saturated carbocycles. The number of rotatable bonds is 10. The smallest absolute Gasteiger partial charge is 0.0348 e. The van der Waals surface area contributed by atoms with E-state index in [9.17, 15) is 0 Å². The Morgan fingerprint density at radius 2 is 1.33 bits per heavy atom. The Kier molecular flexibility index (Phi) is 12.5. The van der Waals surface area contributed by atoms with Gasteiger partial charge in [-0.1, -0.05) is 56.7 Å². The van der Waals surface area contributed by atoms with Crippen LogP contribution in [0.25, 0.3) is 0 Å². The highest BCUT2D eigenvalue weighted by molar-refractivity contribution is 4.96. The van der Waals surface area contributed by atoms with Crippen molar-refractivity contribution in [1.29, 1.82) is 0 Å². The molecule has 0 heteroatoms. The number of unbranched alkanes of at least 4 members (excludes halogenated alkanes) is 6. The van der Waals surface area contributed by atoms with Crippen molar-refractivity contribution in [3.8, 4) is 0 Å². The van der Waals surface area contributed by atoms with Crippen molar-refractivity contribution in [3.63, 3.8) is 0 Å². The summed E-state index contributed by atoms with van der Waals surface area (Å²) in [5.74, 6) is 0. The van der Waals surface area contributed by atoms with E-state index >= 15 is 0 Å². The van der Waals surface area contributed by atoms with Crippen LogP contribution in [-0.4, -0.2) is 0 Å². The predicted molar refractivity (Wildman–Crippen MR) is 71.1 cm³/mol. The first-order chi connectivity index (χ1) is 7.41. The fraction of sp³-hybridized carbons (Fsp3) is 0.600. The van der Waals surface area contributed by atoms with E-state index < -0.39 is 0 Å². The highest BCUT2D eigenvalue weighted by Crippen LogP contribution is 2.04. The molecule has 0 aromatic carbocycles. The van der Waals surface area contributed by atoms with Gasteiger partial charge in [0.25, 0.3) is 0 Å². The molecule has 15 heavy (non-hydrogen) atoms. The molecule has 0 radical (unpaired) electrons. The molecule has 0 atom stereocenters. The second kappa shape index (κ2) is 13.2. The van der Waals surface area contributed by atoms with E-state index in [1.807, 2.05) is 12.2 Å². The Hall–Kier alpha value is -0.780. The maximum atomic E-state index is 3.65. The van der Waals surface area contributed by atoms with Gasteiger partial charge in [-0.25, -0.2) is 0 Å². The van der Waals surface area contributed by atoms with Gasteiger partial charge in [0.1, 0.15) is 0 Å². The molecular formula is C15H26. The first-order valence-electron chi connectivity index (χ1n) is 6.34. The average Bonchev–Trinajstić information content (AvgIpc) is 2.26. The van der Waals surface area contributed by atoms with Gasteiger partial charge >= 0.3 is 0 Å². The fourth-order valence-corrected chi connectivity index (χ4v) is 1.46. The second-order valence-corrected chi connectivity index (χ2v) is 3.92. The molecule has 0 aliphatic heterocycles. The molecule has 0 N–H and O–H groups in total. The Morgan fingerprint density at radius 1 is 0.800 bits per heavy atom. The third-order valence-electron chi connectivity index (χ3n) is 2.40. The minimum atomic E-state index is 1.19. The van der Waals surface area contributed by atoms with Crippen molar-refractivity contribution in [2.45, 2.75) is 58.3 Å². The van der Waals surface area contributed by atoms with Crippen LogP contribution < -0.4 is 0 Å². The summed E-state index contributed by atoms with van der Waals surface area (Å²) in [6.45, 7) is 5.90. The maximum absolute atomic E-state index is 3.65. The molecule has 0 aliphatic rings. The van der Waals surface area contributed by atoms with Crippen molar-refractivity contribution >= 4 is 0 Å². The molecule has 0 heterocycles. The SMILES string of the molecule is C=CC=CCCCCC=CCCCCC. The highest BCUT2D eigenvalue weighted by atomic mass is 13.9. The van der Waals surface area contributed by atoms with E-state index in [2.05, 4.69) is 31.7 Å². The van der Waals surface area contributed by atoms with Crippen molar-refractivity contribution in [2.75, 3.05) is 0 Å². The van der Waals surface area contributed by atoms with E-state index in [4.69, 9.17) is 0 Å². The zero-order chi connectivity index (χ0) is 11.2. The van der Waals surface area contributed by atoms with Gasteiger partial charge in [0.15, 0.2) is 0 Å². The minimum absolute atomic E-state index is 1.19. The average molecular weight is 206 g/mol. The Bertz CT molecular complexity index is 174. The molecular weight excluding hydrogens is 180 g/mol. The van der Waals surface area contributed by atoms with E-state index in [-0.39, 0.29) is 0 Å². The van der Waals surface area contributed by atoms with Crippen molar-refractivity contribution in [2.24, 2.45) is 0 Å². The van der Waals surface area contributed by atoms with Gasteiger partial charge in [0, 0.05) is 0 Å². The lowest BCUT2D eigenvalue weighted by atomic mass is 10.1. The molecule has 0 spiro atoms. The van der Waals surface area contributed by atoms with Crippen LogP contribution in [0.15, 0.2) is 37.0 Å². The fourth-order valence-electron chi connectivity index (χ4n) is 1.46. The first-order valence-corrected chi connectivity index (χ1v) is 6.34. The zero-order valence-corrected chi connectivity index (χ0v) is 10.3. The molecule has 0 aromatic rings. The monoisotopic (exact) mass is 206 g/mol. The van der Waals surface area contributed by atoms with Gasteiger partial charge in [0.05, 0.1) is 0 Å². The summed E-state index contributed by atoms with van der Waals surface area (Å²) in [4.78, 5) is 0. The summed E-state index contributed by atoms with van der Waals surface area (Å²) >= 11 is 0. The topological polar surface area (TPSA) is 0 Å². The van der Waals surface area contributed by atoms with E-state index in [0.717, 1.165) is 0 Å². The van der Waals surface area contributed by atoms with E-state index in [0.29, 0.717) is 0 Å². The highest BCUT2D eigenvalue weighted by Gasteiger charge is 1.84. The quantitative estimate of drug-likeness (QED) is 0.254. The molecule has 0 fully saturated rings. The van der Waals surface area contributed by atoms with Crippen LogP contribution in [0.2, 0.25) is 0 Å². The van der Waals surface area contributed by atoms with Crippen LogP contribution in [0.3, 0.4) is 0 Å². The summed E-state index contributed by atoms with van der Waals surface area (Å²) in [5.41, 5.74) is 0. The van der Waals surface area contributed by atoms with Crippen LogP contribution in [0.5, 0.6) is 0 Å². The van der Waals surface area contributed by atoms with Crippen LogP contribution in [-0.2, 0) is 0 Å². The molecule has 0 amide bonds. The summed E-state index contributed by atoms with van der Waals surface area (Å²) in [5, 5.41) is 0. The van der Waals surface area contributed by atoms with Gasteiger partial charge < -0.3 is 0 Å². The lowest BCUT2D eigenvalue weighted by molar-refractivity contribution is 0.723. The van der Waals surface area contributed by atoms with Gasteiger partial charge in [-0.3, -0.25) is 0 Å². The summed E-state index contributed by atoms with van der Waals surface area (Å²) in [6, 6.07) is 0. The number of hydrogen-bond acceptors (Lipinski definition) is 0. The molecule has 0 aliphatic carbocycles. The lowest BCUT2D eigenvalue weighted by Gasteiger charge is -1.94. The first kappa shape index (κ1) is 14.2. The summed E-state index contributed by atoms with van der Waals surface area (Å²) in [6.07, 6.45) is 21.1. The lowest BCUT2D eigenvalue weighted by Crippen LogP contribution is -1.74. The third-order valence-corrected chi connectivity index (χ3v) is 2.40. The largest absolute Gasteiger partial charge is 0.0991 e. The minimum Gasteiger partial charge on any atom is -0.0991 e. The number of allylic oxidation sites excluding steroid dienone is 5. The molecule has 0 saturated heterocycles.